The van der Waals surface area contributed by atoms with Crippen molar-refractivity contribution in [3.8, 4) is 5.75 Å². The molecule has 1 aromatic heterocycles. The van der Waals surface area contributed by atoms with Gasteiger partial charge in [-0.3, -0.25) is 62.4 Å². The zero-order chi connectivity index (χ0) is 86.1. The third-order valence-corrected chi connectivity index (χ3v) is 21.1. The fourth-order valence-corrected chi connectivity index (χ4v) is 14.6. The lowest BCUT2D eigenvalue weighted by atomic mass is 9.94. The quantitative estimate of drug-likeness (QED) is 0.0607. The predicted molar refractivity (Wildman–Crippen MR) is 429 cm³/mol. The number of nitrogens with one attached hydrogen (secondary N) is 8. The van der Waals surface area contributed by atoms with Crippen molar-refractivity contribution in [2.45, 2.75) is 248 Å². The molecule has 1 aliphatic heterocycles. The minimum Gasteiger partial charge on any atom is -0.496 e. The molecule has 12 amide bonds. The number of hydrogen-bond donors (Lipinski definition) is 10. The van der Waals surface area contributed by atoms with E-state index in [9.17, 15) is 19.8 Å². The van der Waals surface area contributed by atoms with Gasteiger partial charge in [0, 0.05) is 58.8 Å². The third-order valence-electron chi connectivity index (χ3n) is 21.1. The Morgan fingerprint density at radius 2 is 1.00 bits per heavy atom. The van der Waals surface area contributed by atoms with Gasteiger partial charge in [-0.15, -0.1) is 0 Å². The minimum atomic E-state index is -2.02. The van der Waals surface area contributed by atoms with Gasteiger partial charge in [0.25, 0.3) is 0 Å². The summed E-state index contributed by atoms with van der Waals surface area (Å²) in [6.45, 7) is 32.8. The van der Waals surface area contributed by atoms with Gasteiger partial charge >= 0.3 is 5.97 Å². The molecule has 0 spiro atoms. The lowest BCUT2D eigenvalue weighted by molar-refractivity contribution is -0.161. The maximum atomic E-state index is 15.7. The highest BCUT2D eigenvalue weighted by atomic mass is 16.5. The normalized spacial score (nSPS) is 24.2. The highest BCUT2D eigenvalue weighted by molar-refractivity contribution is 6.01. The van der Waals surface area contributed by atoms with Crippen LogP contribution in [0.15, 0.2) is 54.7 Å². The van der Waals surface area contributed by atoms with E-state index < -0.39 is 215 Å². The lowest BCUT2D eigenvalue weighted by Gasteiger charge is -2.39. The highest BCUT2D eigenvalue weighted by Gasteiger charge is 2.48. The van der Waals surface area contributed by atoms with Gasteiger partial charge < -0.3 is 86.4 Å². The topological polar surface area (TPSA) is 400 Å². The Hall–Kier alpha value is -9.23. The molecule has 3 aromatic rings. The van der Waals surface area contributed by atoms with Crippen LogP contribution in [0.2, 0.25) is 0 Å². The Kier molecular flexibility index (Phi) is 35.9. The van der Waals surface area contributed by atoms with E-state index >= 15 is 52.7 Å². The number of fused-ring (bicyclic) bond motifs is 1. The smallest absolute Gasteiger partial charge is 0.329 e. The number of nitrogens with zero attached hydrogens (tertiary/aromatic N) is 6. The molecule has 16 atom stereocenters. The van der Waals surface area contributed by atoms with Crippen LogP contribution in [0, 0.1) is 53.3 Å². The number of benzene rings is 2. The van der Waals surface area contributed by atoms with E-state index in [0.717, 1.165) is 21.7 Å². The van der Waals surface area contributed by atoms with Crippen molar-refractivity contribution >= 4 is 87.8 Å². The van der Waals surface area contributed by atoms with Gasteiger partial charge in [-0.25, -0.2) is 4.79 Å². The van der Waals surface area contributed by atoms with Crippen LogP contribution >= 0.6 is 0 Å². The number of hydrogen-bond acceptors (Lipinski definition) is 18. The average molecular weight is 1590 g/mol. The van der Waals surface area contributed by atoms with Gasteiger partial charge in [-0.05, 0) is 111 Å². The fourth-order valence-electron chi connectivity index (χ4n) is 14.6. The van der Waals surface area contributed by atoms with E-state index in [4.69, 9.17) is 9.47 Å². The number of amides is 12. The van der Waals surface area contributed by atoms with Crippen molar-refractivity contribution < 1.29 is 82.0 Å². The predicted octanol–water partition coefficient (Wildman–Crippen LogP) is 3.53. The number of esters is 1. The lowest BCUT2D eigenvalue weighted by Crippen LogP contribution is -2.65. The molecule has 2 heterocycles. The number of methoxy groups -OCH3 is 1. The van der Waals surface area contributed by atoms with Gasteiger partial charge in [0.05, 0.1) is 19.3 Å². The van der Waals surface area contributed by atoms with E-state index in [1.165, 1.54) is 84.9 Å². The van der Waals surface area contributed by atoms with E-state index in [1.807, 2.05) is 27.7 Å². The molecule has 1 aliphatic rings. The molecule has 2 aromatic carbocycles. The van der Waals surface area contributed by atoms with Crippen molar-refractivity contribution in [1.29, 1.82) is 0 Å². The third kappa shape index (κ3) is 24.2. The number of carbonyl (C=O) groups excluding carboxylic acids is 13. The number of ether oxygens (including phenoxy) is 2. The molecule has 10 N–H and O–H groups in total. The molecule has 113 heavy (non-hydrogen) atoms. The van der Waals surface area contributed by atoms with Crippen LogP contribution in [0.5, 0.6) is 5.75 Å². The Labute approximate surface area is 668 Å². The second kappa shape index (κ2) is 42.2. The maximum absolute atomic E-state index is 15.7. The molecule has 31 heteroatoms. The summed E-state index contributed by atoms with van der Waals surface area (Å²) in [5.74, 6) is -16.6. The molecular weight excluding hydrogens is 1450 g/mol. The number of aromatic amines is 1. The second-order valence-electron chi connectivity index (χ2n) is 33.6. The summed E-state index contributed by atoms with van der Waals surface area (Å²) >= 11 is 0. The zero-order valence-electron chi connectivity index (χ0n) is 71.7. The summed E-state index contributed by atoms with van der Waals surface area (Å²) in [7, 11) is 11.6. The van der Waals surface area contributed by atoms with Crippen molar-refractivity contribution in [3.05, 3.63) is 65.9 Å². The Balaban J connectivity index is 2.08. The standard InChI is InChI=1S/C82H132N14O17/c1-40(2)37-54-70(99)85-60(43(7)8)79(108)95(26)67(48(17)18)81(110)93(24)55(38-52-39-83-53-35-32-36-56(112-28)57(52)53)71(100)84-58(41(3)4)72(101)90-64(69(98)51-33-30-29-31-34-51)73(102)88-62(45(11)12)82(111)113-50(20)63(80(109)96(27)68(49(19)97)76(105)87-59(42(5)6)77(106)92(54)23)89-75(104)66(47(15)16)94(25)78(107)61(44(9)10)86-74(103)65(46(13)14)91(21)22/h29-36,39-50,54-55,58-69,83,97-98H,37-38H2,1-28H3,(H,84,100)(H,85,99)(H,86,103)(H,87,105)(H,88,102)(H,89,104)(H,90,101)/t49-,50-,54+,55+,58+,59+,60+,61+,62+,63+,64+,65+,66+,67+,68+,69-/m1/s1. The summed E-state index contributed by atoms with van der Waals surface area (Å²) in [6.07, 6.45) is -3.93. The van der Waals surface area contributed by atoms with Crippen LogP contribution in [0.4, 0.5) is 0 Å². The van der Waals surface area contributed by atoms with Crippen LogP contribution in [0.3, 0.4) is 0 Å². The largest absolute Gasteiger partial charge is 0.496 e. The maximum Gasteiger partial charge on any atom is 0.329 e. The number of aliphatic hydroxyl groups is 2. The molecule has 31 nitrogen and oxygen atoms in total. The Morgan fingerprint density at radius 1 is 0.522 bits per heavy atom. The van der Waals surface area contributed by atoms with Crippen LogP contribution < -0.4 is 42.0 Å². The SMILES string of the molecule is COc1cccc2[nH]cc(C[C@H]3C(=O)N[C@@H](C(C)C)C(=O)N[C@@H]([C@H](O)c4ccccc4)C(=O)N[C@@H](C(C)C)C(=O)O[C@H](C)[C@H](NC(=O)[C@H](C(C)C)N(C)C(=O)[C@@H](NC(=O)[C@H](C(C)C)N(C)C)C(C)C)C(=O)N(C)[C@@H]([C@@H](C)O)C(=O)N[C@@H](C(C)C)C(=O)N(C)[C@@H](CC(C)C)C(=O)N[C@@H](C(C)C)C(=O)N(C)[C@@H](C(C)C)C(=O)N3C)c12. The number of aromatic nitrogens is 1. The number of likely N-dealkylation sites (N-methyl/N-ethyl adjacent to an activating group) is 6. The number of aliphatic hydroxyl groups excluding tert-OH is 2. The molecule has 0 bridgehead atoms. The van der Waals surface area contributed by atoms with Crippen LogP contribution in [-0.4, -0.2) is 269 Å². The number of H-pyrrole nitrogens is 1. The van der Waals surface area contributed by atoms with Gasteiger partial charge in [-0.2, -0.15) is 0 Å². The second-order valence-corrected chi connectivity index (χ2v) is 33.6. The molecule has 1 fully saturated rings. The summed E-state index contributed by atoms with van der Waals surface area (Å²) in [6, 6.07) is -6.25. The van der Waals surface area contributed by atoms with Crippen LogP contribution in [0.1, 0.15) is 162 Å². The van der Waals surface area contributed by atoms with Crippen molar-refractivity contribution in [2.24, 2.45) is 53.3 Å². The zero-order valence-corrected chi connectivity index (χ0v) is 71.7. The molecule has 1 saturated heterocycles. The first kappa shape index (κ1) is 96.1. The summed E-state index contributed by atoms with van der Waals surface area (Å²) in [4.78, 5) is 208. The number of rotatable bonds is 23. The first-order valence-corrected chi connectivity index (χ1v) is 39.4. The van der Waals surface area contributed by atoms with Crippen molar-refractivity contribution in [3.63, 3.8) is 0 Å². The molecular formula is C82H132N14O17. The van der Waals surface area contributed by atoms with E-state index in [2.05, 4.69) is 42.2 Å². The van der Waals surface area contributed by atoms with Gasteiger partial charge in [-0.1, -0.05) is 161 Å². The molecule has 0 radical (unpaired) electrons. The first-order valence-electron chi connectivity index (χ1n) is 39.4. The minimum absolute atomic E-state index is 0.0283. The number of cyclic esters (lactones) is 1. The first-order chi connectivity index (χ1) is 52.5. The van der Waals surface area contributed by atoms with Gasteiger partial charge in [0.2, 0.25) is 70.9 Å². The van der Waals surface area contributed by atoms with E-state index in [-0.39, 0.29) is 30.2 Å². The monoisotopic (exact) mass is 1580 g/mol. The van der Waals surface area contributed by atoms with Crippen LogP contribution in [-0.2, 0) is 73.5 Å². The van der Waals surface area contributed by atoms with E-state index in [0.29, 0.717) is 22.2 Å². The Morgan fingerprint density at radius 3 is 1.49 bits per heavy atom. The van der Waals surface area contributed by atoms with Crippen LogP contribution in [0.25, 0.3) is 10.9 Å². The molecule has 632 valence electrons. The average Bonchev–Trinajstić information content (AvgIpc) is 1.78. The molecule has 0 aliphatic carbocycles. The molecule has 0 unspecified atom stereocenters. The van der Waals surface area contributed by atoms with Crippen molar-refractivity contribution in [2.75, 3.05) is 56.4 Å². The summed E-state index contributed by atoms with van der Waals surface area (Å²) in [5, 5.41) is 43.9. The van der Waals surface area contributed by atoms with E-state index in [1.54, 1.807) is 145 Å². The van der Waals surface area contributed by atoms with Gasteiger partial charge in [0.1, 0.15) is 90.5 Å². The van der Waals surface area contributed by atoms with Gasteiger partial charge in [0.15, 0.2) is 0 Å². The Bertz CT molecular complexity index is 3770. The fraction of sp³-hybridized carbons (Fsp3) is 0.671. The molecule has 4 rings (SSSR count). The molecule has 0 saturated carbocycles. The highest BCUT2D eigenvalue weighted by Crippen LogP contribution is 2.32. The summed E-state index contributed by atoms with van der Waals surface area (Å²) in [5.41, 5.74) is 1.27. The summed E-state index contributed by atoms with van der Waals surface area (Å²) < 4.78 is 11.9. The van der Waals surface area contributed by atoms with Crippen molar-refractivity contribution in [1.82, 2.24) is 71.6 Å². The number of carbonyl (C=O) groups is 13.